The maximum absolute atomic E-state index is 12.5. The van der Waals surface area contributed by atoms with Crippen molar-refractivity contribution in [1.29, 1.82) is 0 Å². The van der Waals surface area contributed by atoms with E-state index >= 15 is 0 Å². The first-order valence-corrected chi connectivity index (χ1v) is 7.96. The molecule has 0 saturated carbocycles. The Hall–Kier alpha value is -2.02. The summed E-state index contributed by atoms with van der Waals surface area (Å²) in [6.45, 7) is 0.635. The summed E-state index contributed by atoms with van der Waals surface area (Å²) in [7, 11) is 3.15. The molecule has 2 aromatic heterocycles. The minimum absolute atomic E-state index is 0.234. The molecule has 0 unspecified atom stereocenters. The Morgan fingerprint density at radius 3 is 2.42 bits per heavy atom. The SMILES string of the molecule is COCCn1c(-c2cc(Cl)cc(Cl)c2)c2c(=O)n(C)[nH]c2cc1=O. The topological polar surface area (TPSA) is 69.0 Å². The van der Waals surface area contributed by atoms with Crippen molar-refractivity contribution in [2.45, 2.75) is 6.54 Å². The van der Waals surface area contributed by atoms with Crippen LogP contribution in [-0.4, -0.2) is 28.1 Å². The van der Waals surface area contributed by atoms with Crippen LogP contribution in [0.4, 0.5) is 0 Å². The number of nitrogens with one attached hydrogen (secondary N) is 1. The van der Waals surface area contributed by atoms with Crippen molar-refractivity contribution in [3.8, 4) is 11.3 Å². The van der Waals surface area contributed by atoms with Crippen LogP contribution >= 0.6 is 23.2 Å². The maximum atomic E-state index is 12.5. The van der Waals surface area contributed by atoms with Gasteiger partial charge < -0.3 is 9.30 Å². The number of nitrogens with zero attached hydrogens (tertiary/aromatic N) is 2. The molecule has 1 aromatic carbocycles. The second kappa shape index (κ2) is 6.47. The van der Waals surface area contributed by atoms with Crippen LogP contribution in [0.2, 0.25) is 10.0 Å². The number of rotatable bonds is 4. The number of H-pyrrole nitrogens is 1. The van der Waals surface area contributed by atoms with Crippen LogP contribution in [0, 0.1) is 0 Å². The van der Waals surface area contributed by atoms with Crippen molar-refractivity contribution >= 4 is 34.1 Å². The van der Waals surface area contributed by atoms with E-state index in [0.29, 0.717) is 45.4 Å². The molecule has 0 amide bonds. The van der Waals surface area contributed by atoms with Gasteiger partial charge in [0.1, 0.15) is 0 Å². The molecule has 6 nitrogen and oxygen atoms in total. The third-order valence-electron chi connectivity index (χ3n) is 3.77. The van der Waals surface area contributed by atoms with Crippen molar-refractivity contribution in [3.05, 3.63) is 55.0 Å². The standard InChI is InChI=1S/C16H15Cl2N3O3/c1-20-16(23)14-12(19-20)8-13(22)21(3-4-24-2)15(14)9-5-10(17)7-11(18)6-9/h5-8,19H,3-4H2,1-2H3. The number of hydrogen-bond acceptors (Lipinski definition) is 3. The molecule has 0 aliphatic rings. The molecular weight excluding hydrogens is 353 g/mol. The number of benzene rings is 1. The number of fused-ring (bicyclic) bond motifs is 1. The molecule has 0 aliphatic heterocycles. The number of ether oxygens (including phenoxy) is 1. The zero-order valence-corrected chi connectivity index (χ0v) is 14.6. The van der Waals surface area contributed by atoms with Gasteiger partial charge in [-0.2, -0.15) is 0 Å². The third kappa shape index (κ3) is 2.88. The lowest BCUT2D eigenvalue weighted by atomic mass is 10.1. The summed E-state index contributed by atoms with van der Waals surface area (Å²) >= 11 is 12.2. The first-order valence-electron chi connectivity index (χ1n) is 7.20. The Bertz CT molecular complexity index is 1010. The number of halogens is 2. The lowest BCUT2D eigenvalue weighted by Crippen LogP contribution is -2.24. The first kappa shape index (κ1) is 16.8. The number of pyridine rings is 1. The van der Waals surface area contributed by atoms with Gasteiger partial charge >= 0.3 is 0 Å². The average Bonchev–Trinajstić information content (AvgIpc) is 2.78. The van der Waals surface area contributed by atoms with E-state index in [1.54, 1.807) is 32.4 Å². The van der Waals surface area contributed by atoms with Crippen LogP contribution < -0.4 is 11.1 Å². The summed E-state index contributed by atoms with van der Waals surface area (Å²) in [5.41, 5.74) is 1.06. The maximum Gasteiger partial charge on any atom is 0.276 e. The van der Waals surface area contributed by atoms with E-state index in [-0.39, 0.29) is 11.1 Å². The summed E-state index contributed by atoms with van der Waals surface area (Å²) in [5, 5.41) is 4.14. The fraction of sp³-hybridized carbons (Fsp3) is 0.250. The molecule has 0 radical (unpaired) electrons. The molecule has 0 spiro atoms. The number of aryl methyl sites for hydroxylation is 1. The normalized spacial score (nSPS) is 11.3. The Balaban J connectivity index is 2.45. The van der Waals surface area contributed by atoms with Gasteiger partial charge in [0.2, 0.25) is 0 Å². The van der Waals surface area contributed by atoms with Crippen LogP contribution in [0.1, 0.15) is 0 Å². The van der Waals surface area contributed by atoms with E-state index < -0.39 is 0 Å². The molecule has 3 rings (SSSR count). The van der Waals surface area contributed by atoms with Gasteiger partial charge in [-0.15, -0.1) is 0 Å². The van der Waals surface area contributed by atoms with Crippen molar-refractivity contribution in [2.24, 2.45) is 7.05 Å². The van der Waals surface area contributed by atoms with Gasteiger partial charge in [0.25, 0.3) is 11.1 Å². The van der Waals surface area contributed by atoms with Crippen molar-refractivity contribution in [2.75, 3.05) is 13.7 Å². The largest absolute Gasteiger partial charge is 0.383 e. The summed E-state index contributed by atoms with van der Waals surface area (Å²) in [6.07, 6.45) is 0. The highest BCUT2D eigenvalue weighted by atomic mass is 35.5. The van der Waals surface area contributed by atoms with Crippen LogP contribution in [0.5, 0.6) is 0 Å². The molecular formula is C16H15Cl2N3O3. The van der Waals surface area contributed by atoms with E-state index in [2.05, 4.69) is 5.10 Å². The zero-order valence-electron chi connectivity index (χ0n) is 13.1. The van der Waals surface area contributed by atoms with Crippen LogP contribution in [0.25, 0.3) is 22.2 Å². The first-order chi connectivity index (χ1) is 11.4. The minimum atomic E-state index is -0.243. The summed E-state index contributed by atoms with van der Waals surface area (Å²) in [6, 6.07) is 6.36. The van der Waals surface area contributed by atoms with Gasteiger partial charge in [-0.25, -0.2) is 0 Å². The van der Waals surface area contributed by atoms with Gasteiger partial charge in [-0.05, 0) is 18.2 Å². The van der Waals surface area contributed by atoms with E-state index in [1.165, 1.54) is 15.3 Å². The number of methoxy groups -OCH3 is 1. The molecule has 126 valence electrons. The highest BCUT2D eigenvalue weighted by Crippen LogP contribution is 2.30. The molecule has 2 heterocycles. The van der Waals surface area contributed by atoms with E-state index in [1.807, 2.05) is 0 Å². The van der Waals surface area contributed by atoms with E-state index in [4.69, 9.17) is 27.9 Å². The van der Waals surface area contributed by atoms with Crippen molar-refractivity contribution < 1.29 is 4.74 Å². The Morgan fingerprint density at radius 1 is 1.12 bits per heavy atom. The van der Waals surface area contributed by atoms with Crippen LogP contribution in [0.3, 0.4) is 0 Å². The summed E-state index contributed by atoms with van der Waals surface area (Å²) in [4.78, 5) is 25.1. The lowest BCUT2D eigenvalue weighted by molar-refractivity contribution is 0.187. The average molecular weight is 368 g/mol. The fourth-order valence-corrected chi connectivity index (χ4v) is 3.27. The van der Waals surface area contributed by atoms with Gasteiger partial charge in [0.05, 0.1) is 23.2 Å². The van der Waals surface area contributed by atoms with Crippen molar-refractivity contribution in [1.82, 2.24) is 14.3 Å². The monoisotopic (exact) mass is 367 g/mol. The lowest BCUT2D eigenvalue weighted by Gasteiger charge is -2.14. The van der Waals surface area contributed by atoms with E-state index in [0.717, 1.165) is 0 Å². The fourth-order valence-electron chi connectivity index (χ4n) is 2.75. The molecule has 3 aromatic rings. The van der Waals surface area contributed by atoms with E-state index in [9.17, 15) is 9.59 Å². The Morgan fingerprint density at radius 2 is 1.79 bits per heavy atom. The molecule has 1 N–H and O–H groups in total. The molecule has 8 heteroatoms. The second-order valence-corrected chi connectivity index (χ2v) is 6.27. The molecule has 0 atom stereocenters. The summed E-state index contributed by atoms with van der Waals surface area (Å²) < 4.78 is 7.92. The number of aromatic amines is 1. The number of hydrogen-bond donors (Lipinski definition) is 1. The van der Waals surface area contributed by atoms with Gasteiger partial charge in [0.15, 0.2) is 0 Å². The third-order valence-corrected chi connectivity index (χ3v) is 4.21. The molecule has 0 bridgehead atoms. The second-order valence-electron chi connectivity index (χ2n) is 5.40. The Labute approximate surface area is 147 Å². The smallest absolute Gasteiger partial charge is 0.276 e. The molecule has 0 fully saturated rings. The van der Waals surface area contributed by atoms with Crippen LogP contribution in [0.15, 0.2) is 33.9 Å². The quantitative estimate of drug-likeness (QED) is 0.770. The predicted octanol–water partition coefficient (Wildman–Crippen LogP) is 2.65. The van der Waals surface area contributed by atoms with Gasteiger partial charge in [-0.1, -0.05) is 23.2 Å². The zero-order chi connectivity index (χ0) is 17.4. The van der Waals surface area contributed by atoms with Gasteiger partial charge in [-0.3, -0.25) is 19.4 Å². The molecule has 0 aliphatic carbocycles. The van der Waals surface area contributed by atoms with Crippen molar-refractivity contribution in [3.63, 3.8) is 0 Å². The summed E-state index contributed by atoms with van der Waals surface area (Å²) in [5.74, 6) is 0. The highest BCUT2D eigenvalue weighted by molar-refractivity contribution is 6.35. The molecule has 24 heavy (non-hydrogen) atoms. The number of aromatic nitrogens is 3. The highest BCUT2D eigenvalue weighted by Gasteiger charge is 2.18. The van der Waals surface area contributed by atoms with Gasteiger partial charge in [0, 0.05) is 42.4 Å². The Kier molecular flexibility index (Phi) is 4.54. The van der Waals surface area contributed by atoms with Crippen LogP contribution in [-0.2, 0) is 18.3 Å². The predicted molar refractivity (Wildman–Crippen MR) is 95.1 cm³/mol. The minimum Gasteiger partial charge on any atom is -0.383 e. The molecule has 0 saturated heterocycles.